The molecule has 0 radical (unpaired) electrons. The molecule has 1 N–H and O–H groups in total. The van der Waals surface area contributed by atoms with Crippen LogP contribution in [-0.2, 0) is 4.79 Å². The van der Waals surface area contributed by atoms with Crippen molar-refractivity contribution >= 4 is 41.2 Å². The van der Waals surface area contributed by atoms with Gasteiger partial charge >= 0.3 is 0 Å². The number of benzene rings is 2. The van der Waals surface area contributed by atoms with Crippen molar-refractivity contribution in [1.82, 2.24) is 5.43 Å². The molecule has 0 fully saturated rings. The largest absolute Gasteiger partial charge is 0.272 e. The lowest BCUT2D eigenvalue weighted by molar-refractivity contribution is -0.384. The fraction of sp³-hybridized carbons (Fsp3) is 0.125. The summed E-state index contributed by atoms with van der Waals surface area (Å²) in [5, 5.41) is 14.8. The van der Waals surface area contributed by atoms with Gasteiger partial charge in [0.05, 0.1) is 16.4 Å². The van der Waals surface area contributed by atoms with Gasteiger partial charge in [0.15, 0.2) is 0 Å². The van der Waals surface area contributed by atoms with E-state index in [0.29, 0.717) is 10.6 Å². The van der Waals surface area contributed by atoms with E-state index in [2.05, 4.69) is 10.5 Å². The number of hydrogen-bond donors (Lipinski definition) is 1. The van der Waals surface area contributed by atoms with Crippen molar-refractivity contribution in [2.45, 2.75) is 17.1 Å². The van der Waals surface area contributed by atoms with Gasteiger partial charge in [-0.1, -0.05) is 23.7 Å². The van der Waals surface area contributed by atoms with Crippen LogP contribution in [0.2, 0.25) is 5.02 Å². The standard InChI is InChI=1S/C16H14ClN3O3S/c1-11(24-15-7-5-13(17)6-8-15)16(21)19-18-10-12-3-2-4-14(9-12)20(22)23/h2-11H,1H3,(H,19,21)/b18-10-/t11-/m1/s1. The Morgan fingerprint density at radius 2 is 2.04 bits per heavy atom. The summed E-state index contributed by atoms with van der Waals surface area (Å²) < 4.78 is 0. The maximum Gasteiger partial charge on any atom is 0.270 e. The summed E-state index contributed by atoms with van der Waals surface area (Å²) in [4.78, 5) is 23.1. The number of nitrogens with one attached hydrogen (secondary N) is 1. The molecule has 6 nitrogen and oxygen atoms in total. The van der Waals surface area contributed by atoms with Gasteiger partial charge < -0.3 is 0 Å². The molecule has 0 aliphatic rings. The zero-order valence-corrected chi connectivity index (χ0v) is 14.3. The fourth-order valence-corrected chi connectivity index (χ4v) is 2.74. The number of nitro groups is 1. The van der Waals surface area contributed by atoms with Crippen molar-refractivity contribution in [2.75, 3.05) is 0 Å². The van der Waals surface area contributed by atoms with Crippen LogP contribution in [0.15, 0.2) is 58.5 Å². The molecule has 0 bridgehead atoms. The molecule has 1 amide bonds. The Hall–Kier alpha value is -2.38. The fourth-order valence-electron chi connectivity index (χ4n) is 1.75. The molecule has 24 heavy (non-hydrogen) atoms. The first-order valence-electron chi connectivity index (χ1n) is 6.95. The molecule has 8 heteroatoms. The third kappa shape index (κ3) is 5.36. The Bertz CT molecular complexity index is 765. The third-order valence-electron chi connectivity index (χ3n) is 2.97. The average molecular weight is 364 g/mol. The SMILES string of the molecule is C[C@@H](Sc1ccc(Cl)cc1)C(=O)N/N=C\c1cccc([N+](=O)[O-])c1. The van der Waals surface area contributed by atoms with Crippen LogP contribution in [0.25, 0.3) is 0 Å². The molecular weight excluding hydrogens is 350 g/mol. The molecule has 0 aliphatic heterocycles. The summed E-state index contributed by atoms with van der Waals surface area (Å²) >= 11 is 7.20. The lowest BCUT2D eigenvalue weighted by Crippen LogP contribution is -2.26. The molecule has 0 saturated carbocycles. The van der Waals surface area contributed by atoms with Gasteiger partial charge in [-0.25, -0.2) is 5.43 Å². The number of rotatable bonds is 6. The zero-order valence-electron chi connectivity index (χ0n) is 12.7. The molecule has 2 aromatic carbocycles. The van der Waals surface area contributed by atoms with Gasteiger partial charge in [-0.05, 0) is 31.2 Å². The van der Waals surface area contributed by atoms with E-state index < -0.39 is 4.92 Å². The predicted octanol–water partition coefficient (Wildman–Crippen LogP) is 3.88. The molecule has 2 rings (SSSR count). The smallest absolute Gasteiger partial charge is 0.270 e. The highest BCUT2D eigenvalue weighted by Crippen LogP contribution is 2.24. The Balaban J connectivity index is 1.90. The molecule has 2 aromatic rings. The monoisotopic (exact) mass is 363 g/mol. The topological polar surface area (TPSA) is 84.6 Å². The van der Waals surface area contributed by atoms with Gasteiger partial charge in [0.25, 0.3) is 11.6 Å². The number of halogens is 1. The summed E-state index contributed by atoms with van der Waals surface area (Å²) in [6, 6.07) is 13.2. The van der Waals surface area contributed by atoms with Crippen molar-refractivity contribution in [1.29, 1.82) is 0 Å². The van der Waals surface area contributed by atoms with Crippen molar-refractivity contribution in [3.05, 3.63) is 69.2 Å². The molecule has 0 heterocycles. The summed E-state index contributed by atoms with van der Waals surface area (Å²) in [6.07, 6.45) is 1.37. The third-order valence-corrected chi connectivity index (χ3v) is 4.33. The lowest BCUT2D eigenvalue weighted by Gasteiger charge is -2.09. The van der Waals surface area contributed by atoms with Crippen LogP contribution in [-0.4, -0.2) is 22.3 Å². The van der Waals surface area contributed by atoms with Gasteiger partial charge in [0, 0.05) is 27.6 Å². The van der Waals surface area contributed by atoms with E-state index in [1.165, 1.54) is 30.1 Å². The Kier molecular flexibility index (Phi) is 6.34. The maximum absolute atomic E-state index is 12.0. The molecule has 0 spiro atoms. The first-order chi connectivity index (χ1) is 11.5. The minimum atomic E-state index is -0.485. The molecule has 0 unspecified atom stereocenters. The summed E-state index contributed by atoms with van der Waals surface area (Å²) in [5.41, 5.74) is 2.92. The summed E-state index contributed by atoms with van der Waals surface area (Å²) in [7, 11) is 0. The molecule has 0 aliphatic carbocycles. The highest BCUT2D eigenvalue weighted by atomic mass is 35.5. The van der Waals surface area contributed by atoms with Crippen LogP contribution in [0.1, 0.15) is 12.5 Å². The second-order valence-electron chi connectivity index (χ2n) is 4.80. The van der Waals surface area contributed by atoms with E-state index in [0.717, 1.165) is 4.90 Å². The minimum absolute atomic E-state index is 0.0306. The van der Waals surface area contributed by atoms with Crippen LogP contribution >= 0.6 is 23.4 Å². The van der Waals surface area contributed by atoms with Crippen molar-refractivity contribution in [3.63, 3.8) is 0 Å². The van der Waals surface area contributed by atoms with E-state index >= 15 is 0 Å². The Labute approximate surface area is 148 Å². The molecule has 0 saturated heterocycles. The number of amides is 1. The molecular formula is C16H14ClN3O3S. The number of nitrogens with zero attached hydrogens (tertiary/aromatic N) is 2. The van der Waals surface area contributed by atoms with Crippen molar-refractivity contribution in [3.8, 4) is 0 Å². The maximum atomic E-state index is 12.0. The number of non-ortho nitro benzene ring substituents is 1. The van der Waals surface area contributed by atoms with Gasteiger partial charge in [0.1, 0.15) is 0 Å². The van der Waals surface area contributed by atoms with Crippen LogP contribution in [0.4, 0.5) is 5.69 Å². The zero-order chi connectivity index (χ0) is 17.5. The summed E-state index contributed by atoms with van der Waals surface area (Å²) in [6.45, 7) is 1.76. The van der Waals surface area contributed by atoms with E-state index in [1.807, 2.05) is 12.1 Å². The van der Waals surface area contributed by atoms with Gasteiger partial charge in [-0.15, -0.1) is 11.8 Å². The van der Waals surface area contributed by atoms with Crippen molar-refractivity contribution in [2.24, 2.45) is 5.10 Å². The van der Waals surface area contributed by atoms with Gasteiger partial charge in [-0.3, -0.25) is 14.9 Å². The van der Waals surface area contributed by atoms with Gasteiger partial charge in [0.2, 0.25) is 0 Å². The van der Waals surface area contributed by atoms with Crippen LogP contribution in [0, 0.1) is 10.1 Å². The predicted molar refractivity (Wildman–Crippen MR) is 95.6 cm³/mol. The van der Waals surface area contributed by atoms with Crippen LogP contribution in [0.5, 0.6) is 0 Å². The quantitative estimate of drug-likeness (QED) is 0.365. The normalized spacial score (nSPS) is 12.1. The van der Waals surface area contributed by atoms with Crippen LogP contribution < -0.4 is 5.43 Å². The van der Waals surface area contributed by atoms with E-state index in [4.69, 9.17) is 11.6 Å². The molecule has 1 atom stereocenters. The molecule has 0 aromatic heterocycles. The van der Waals surface area contributed by atoms with E-state index in [-0.39, 0.29) is 16.8 Å². The second kappa shape index (κ2) is 8.47. The summed E-state index contributed by atoms with van der Waals surface area (Å²) in [5.74, 6) is -0.267. The average Bonchev–Trinajstić information content (AvgIpc) is 2.57. The first-order valence-corrected chi connectivity index (χ1v) is 8.21. The Morgan fingerprint density at radius 1 is 1.33 bits per heavy atom. The highest BCUT2D eigenvalue weighted by Gasteiger charge is 2.13. The number of carbonyl (C=O) groups is 1. The first kappa shape index (κ1) is 18.0. The van der Waals surface area contributed by atoms with E-state index in [1.54, 1.807) is 31.2 Å². The van der Waals surface area contributed by atoms with Crippen molar-refractivity contribution < 1.29 is 9.72 Å². The number of nitro benzene ring substituents is 1. The van der Waals surface area contributed by atoms with E-state index in [9.17, 15) is 14.9 Å². The molecule has 124 valence electrons. The Morgan fingerprint density at radius 3 is 2.71 bits per heavy atom. The number of thioether (sulfide) groups is 1. The number of hydrazone groups is 1. The number of carbonyl (C=O) groups excluding carboxylic acids is 1. The second-order valence-corrected chi connectivity index (χ2v) is 6.65. The highest BCUT2D eigenvalue weighted by molar-refractivity contribution is 8.00. The minimum Gasteiger partial charge on any atom is -0.272 e. The lowest BCUT2D eigenvalue weighted by atomic mass is 10.2. The van der Waals surface area contributed by atoms with Gasteiger partial charge in [-0.2, -0.15) is 5.10 Å². The number of hydrogen-bond acceptors (Lipinski definition) is 5. The van der Waals surface area contributed by atoms with Crippen LogP contribution in [0.3, 0.4) is 0 Å².